The maximum Gasteiger partial charge on any atom is 0.252 e. The summed E-state index contributed by atoms with van der Waals surface area (Å²) in [6.45, 7) is 4.75. The van der Waals surface area contributed by atoms with Crippen LogP contribution >= 0.6 is 11.8 Å². The van der Waals surface area contributed by atoms with Gasteiger partial charge in [-0.15, -0.1) is 11.8 Å². The lowest BCUT2D eigenvalue weighted by Gasteiger charge is -2.35. The molecule has 6 nitrogen and oxygen atoms in total. The lowest BCUT2D eigenvalue weighted by molar-refractivity contribution is 0.0950. The molecule has 0 spiro atoms. The van der Waals surface area contributed by atoms with Crippen LogP contribution in [0, 0.1) is 6.92 Å². The summed E-state index contributed by atoms with van der Waals surface area (Å²) in [5, 5.41) is 2.84. The van der Waals surface area contributed by atoms with Gasteiger partial charge in [0.15, 0.2) is 0 Å². The number of benzene rings is 2. The molecule has 0 aliphatic carbocycles. The smallest absolute Gasteiger partial charge is 0.252 e. The summed E-state index contributed by atoms with van der Waals surface area (Å²) < 4.78 is 27.0. The highest BCUT2D eigenvalue weighted by Gasteiger charge is 2.26. The van der Waals surface area contributed by atoms with Crippen molar-refractivity contribution < 1.29 is 13.2 Å². The maximum absolute atomic E-state index is 12.7. The predicted molar refractivity (Wildman–Crippen MR) is 124 cm³/mol. The fraction of sp³-hybridized carbons (Fsp3) is 0.409. The van der Waals surface area contributed by atoms with Crippen LogP contribution in [-0.4, -0.2) is 63.4 Å². The van der Waals surface area contributed by atoms with E-state index in [2.05, 4.69) is 35.3 Å². The number of carbonyl (C=O) groups excluding carboxylic acids is 1. The van der Waals surface area contributed by atoms with Crippen molar-refractivity contribution in [2.24, 2.45) is 0 Å². The number of aryl methyl sites for hydroxylation is 1. The van der Waals surface area contributed by atoms with Crippen LogP contribution in [0.3, 0.4) is 0 Å². The maximum atomic E-state index is 12.7. The van der Waals surface area contributed by atoms with Crippen LogP contribution in [0.2, 0.25) is 0 Å². The molecule has 0 atom stereocenters. The molecular formula is C22H29N3O3S2. The van der Waals surface area contributed by atoms with Gasteiger partial charge < -0.3 is 10.2 Å². The zero-order valence-electron chi connectivity index (χ0n) is 17.5. The number of anilines is 1. The molecule has 1 aliphatic heterocycles. The van der Waals surface area contributed by atoms with Gasteiger partial charge in [-0.25, -0.2) is 8.42 Å². The molecule has 2 aromatic rings. The normalized spacial score (nSPS) is 15.2. The minimum absolute atomic E-state index is 0.0436. The highest BCUT2D eigenvalue weighted by atomic mass is 32.2. The number of hydrogen-bond donors (Lipinski definition) is 1. The highest BCUT2D eigenvalue weighted by molar-refractivity contribution is 7.98. The van der Waals surface area contributed by atoms with Crippen LogP contribution in [-0.2, 0) is 10.0 Å². The molecule has 0 radical (unpaired) electrons. The van der Waals surface area contributed by atoms with E-state index in [9.17, 15) is 13.2 Å². The van der Waals surface area contributed by atoms with Crippen molar-refractivity contribution in [2.45, 2.75) is 18.2 Å². The number of nitrogens with one attached hydrogen (secondary N) is 1. The van der Waals surface area contributed by atoms with Crippen LogP contribution < -0.4 is 10.2 Å². The fourth-order valence-electron chi connectivity index (χ4n) is 3.56. The summed E-state index contributed by atoms with van der Waals surface area (Å²) >= 11 is 1.52. The van der Waals surface area contributed by atoms with Crippen molar-refractivity contribution in [1.82, 2.24) is 9.62 Å². The van der Waals surface area contributed by atoms with Crippen molar-refractivity contribution in [1.29, 1.82) is 0 Å². The van der Waals surface area contributed by atoms with Gasteiger partial charge in [0.2, 0.25) is 10.0 Å². The second-order valence-electron chi connectivity index (χ2n) is 7.35. The Morgan fingerprint density at radius 3 is 2.50 bits per heavy atom. The van der Waals surface area contributed by atoms with E-state index >= 15 is 0 Å². The molecular weight excluding hydrogens is 418 g/mol. The molecule has 0 aromatic heterocycles. The first-order valence-electron chi connectivity index (χ1n) is 10.1. The topological polar surface area (TPSA) is 69.7 Å². The van der Waals surface area contributed by atoms with Gasteiger partial charge in [0.1, 0.15) is 0 Å². The zero-order chi connectivity index (χ0) is 21.6. The zero-order valence-corrected chi connectivity index (χ0v) is 19.1. The molecule has 1 N–H and O–H groups in total. The summed E-state index contributed by atoms with van der Waals surface area (Å²) in [6, 6.07) is 15.7. The van der Waals surface area contributed by atoms with Gasteiger partial charge in [0.25, 0.3) is 5.91 Å². The number of nitrogens with zero attached hydrogens (tertiary/aromatic N) is 2. The number of sulfonamides is 1. The van der Waals surface area contributed by atoms with Crippen molar-refractivity contribution >= 4 is 33.4 Å². The summed E-state index contributed by atoms with van der Waals surface area (Å²) in [5.74, 6) is -0.119. The molecule has 2 aromatic carbocycles. The van der Waals surface area contributed by atoms with Gasteiger partial charge in [0, 0.05) is 43.3 Å². The van der Waals surface area contributed by atoms with E-state index in [-0.39, 0.29) is 11.7 Å². The number of thioether (sulfide) groups is 1. The Morgan fingerprint density at radius 2 is 1.80 bits per heavy atom. The number of piperazine rings is 1. The Labute approximate surface area is 183 Å². The van der Waals surface area contributed by atoms with Crippen LogP contribution in [0.15, 0.2) is 53.4 Å². The van der Waals surface area contributed by atoms with Gasteiger partial charge in [-0.1, -0.05) is 24.3 Å². The van der Waals surface area contributed by atoms with Crippen molar-refractivity contribution in [3.05, 3.63) is 59.7 Å². The Balaban J connectivity index is 1.45. The first kappa shape index (κ1) is 22.7. The van der Waals surface area contributed by atoms with E-state index in [0.29, 0.717) is 44.7 Å². The second kappa shape index (κ2) is 10.3. The third-order valence-electron chi connectivity index (χ3n) is 5.22. The van der Waals surface area contributed by atoms with Gasteiger partial charge in [-0.05, 0) is 49.4 Å². The predicted octanol–water partition coefficient (Wildman–Crippen LogP) is 2.99. The average Bonchev–Trinajstić information content (AvgIpc) is 2.76. The second-order valence-corrected chi connectivity index (χ2v) is 10.3. The quantitative estimate of drug-likeness (QED) is 0.498. The fourth-order valence-corrected chi connectivity index (χ4v) is 5.64. The lowest BCUT2D eigenvalue weighted by Crippen LogP contribution is -2.49. The molecule has 3 rings (SSSR count). The molecule has 8 heteroatoms. The Morgan fingerprint density at radius 1 is 1.07 bits per heavy atom. The number of carbonyl (C=O) groups is 1. The van der Waals surface area contributed by atoms with Crippen molar-refractivity contribution in [3.8, 4) is 0 Å². The van der Waals surface area contributed by atoms with Crippen LogP contribution in [0.5, 0.6) is 0 Å². The van der Waals surface area contributed by atoms with Crippen molar-refractivity contribution in [2.75, 3.05) is 49.6 Å². The summed E-state index contributed by atoms with van der Waals surface area (Å²) in [5.41, 5.74) is 2.96. The van der Waals surface area contributed by atoms with Crippen LogP contribution in [0.4, 0.5) is 5.69 Å². The monoisotopic (exact) mass is 447 g/mol. The molecule has 162 valence electrons. The van der Waals surface area contributed by atoms with Gasteiger partial charge in [0.05, 0.1) is 11.3 Å². The molecule has 0 bridgehead atoms. The first-order valence-corrected chi connectivity index (χ1v) is 12.9. The van der Waals surface area contributed by atoms with E-state index in [1.165, 1.54) is 17.3 Å². The number of rotatable bonds is 8. The van der Waals surface area contributed by atoms with E-state index < -0.39 is 10.0 Å². The van der Waals surface area contributed by atoms with Gasteiger partial charge in [-0.3, -0.25) is 4.79 Å². The summed E-state index contributed by atoms with van der Waals surface area (Å²) in [4.78, 5) is 15.5. The molecule has 1 saturated heterocycles. The minimum Gasteiger partial charge on any atom is -0.369 e. The van der Waals surface area contributed by atoms with E-state index in [1.54, 1.807) is 10.4 Å². The Bertz CT molecular complexity index is 971. The highest BCUT2D eigenvalue weighted by Crippen LogP contribution is 2.20. The molecule has 1 fully saturated rings. The van der Waals surface area contributed by atoms with Gasteiger partial charge in [-0.2, -0.15) is 4.31 Å². The first-order chi connectivity index (χ1) is 14.4. The molecule has 0 saturated carbocycles. The Hall–Kier alpha value is -2.03. The minimum atomic E-state index is -3.32. The largest absolute Gasteiger partial charge is 0.369 e. The van der Waals surface area contributed by atoms with Gasteiger partial charge >= 0.3 is 0 Å². The SMILES string of the molecule is CSc1ccccc1C(=O)NCCCS(=O)(=O)N1CCN(c2cccc(C)c2)CC1. The molecule has 30 heavy (non-hydrogen) atoms. The molecule has 1 aliphatic rings. The standard InChI is InChI=1S/C22H29N3O3S2/c1-18-7-5-8-19(17-18)24-12-14-25(15-13-24)30(27,28)16-6-11-23-22(26)20-9-3-4-10-21(20)29-2/h3-5,7-10,17H,6,11-16H2,1-2H3,(H,23,26). The van der Waals surface area contributed by atoms with Crippen LogP contribution in [0.25, 0.3) is 0 Å². The molecule has 0 unspecified atom stereocenters. The lowest BCUT2D eigenvalue weighted by atomic mass is 10.2. The number of hydrogen-bond acceptors (Lipinski definition) is 5. The average molecular weight is 448 g/mol. The van der Waals surface area contributed by atoms with Crippen molar-refractivity contribution in [3.63, 3.8) is 0 Å². The molecule has 1 heterocycles. The Kier molecular flexibility index (Phi) is 7.80. The van der Waals surface area contributed by atoms with E-state index in [4.69, 9.17) is 0 Å². The number of amides is 1. The van der Waals surface area contributed by atoms with Crippen LogP contribution in [0.1, 0.15) is 22.3 Å². The summed E-state index contributed by atoms with van der Waals surface area (Å²) in [6.07, 6.45) is 2.32. The van der Waals surface area contributed by atoms with E-state index in [1.807, 2.05) is 30.5 Å². The third kappa shape index (κ3) is 5.77. The molecule has 1 amide bonds. The third-order valence-corrected chi connectivity index (χ3v) is 7.97. The summed E-state index contributed by atoms with van der Waals surface area (Å²) in [7, 11) is -3.32. The van der Waals surface area contributed by atoms with E-state index in [0.717, 1.165) is 10.6 Å².